The first-order chi connectivity index (χ1) is 13.2. The Morgan fingerprint density at radius 1 is 1.19 bits per heavy atom. The van der Waals surface area contributed by atoms with E-state index in [0.717, 1.165) is 17.0 Å². The molecule has 3 heterocycles. The van der Waals surface area contributed by atoms with Crippen molar-refractivity contribution in [3.8, 4) is 17.0 Å². The molecule has 0 radical (unpaired) electrons. The van der Waals surface area contributed by atoms with Crippen LogP contribution in [-0.4, -0.2) is 37.8 Å². The highest BCUT2D eigenvalue weighted by Gasteiger charge is 2.20. The van der Waals surface area contributed by atoms with Crippen molar-refractivity contribution in [2.24, 2.45) is 0 Å². The van der Waals surface area contributed by atoms with Gasteiger partial charge in [0.1, 0.15) is 5.75 Å². The van der Waals surface area contributed by atoms with Crippen molar-refractivity contribution in [2.45, 2.75) is 13.0 Å². The molecule has 4 rings (SSSR count). The van der Waals surface area contributed by atoms with Gasteiger partial charge in [-0.25, -0.2) is 0 Å². The highest BCUT2D eigenvalue weighted by atomic mass is 16.5. The average Bonchev–Trinajstić information content (AvgIpc) is 3.35. The Hall–Kier alpha value is -3.68. The molecule has 0 saturated heterocycles. The van der Waals surface area contributed by atoms with Gasteiger partial charge in [0, 0.05) is 11.8 Å². The molecule has 1 atom stereocenters. The van der Waals surface area contributed by atoms with Crippen molar-refractivity contribution in [1.29, 1.82) is 0 Å². The van der Waals surface area contributed by atoms with Crippen molar-refractivity contribution >= 4 is 11.6 Å². The minimum Gasteiger partial charge on any atom is -0.497 e. The van der Waals surface area contributed by atoms with Gasteiger partial charge in [-0.15, -0.1) is 10.2 Å². The fourth-order valence-corrected chi connectivity index (χ4v) is 2.93. The van der Waals surface area contributed by atoms with E-state index in [9.17, 15) is 4.79 Å². The Bertz CT molecular complexity index is 1080. The standard InChI is InChI=1S/C19H18N6O2/c1-12(18-24-22-16-5-3-4-10-25(16)18)21-19(26)15-11-20-23-17(15)13-6-8-14(27-2)9-7-13/h3-12H,1-2H3,(H,20,23)(H,21,26)/t12-/m0/s1. The van der Waals surface area contributed by atoms with Gasteiger partial charge in [0.25, 0.3) is 5.91 Å². The van der Waals surface area contributed by atoms with Gasteiger partial charge < -0.3 is 10.1 Å². The molecule has 0 aliphatic carbocycles. The van der Waals surface area contributed by atoms with Crippen molar-refractivity contribution in [3.63, 3.8) is 0 Å². The number of aromatic amines is 1. The monoisotopic (exact) mass is 362 g/mol. The smallest absolute Gasteiger partial charge is 0.255 e. The third kappa shape index (κ3) is 3.12. The summed E-state index contributed by atoms with van der Waals surface area (Å²) in [6.07, 6.45) is 3.39. The fraction of sp³-hybridized carbons (Fsp3) is 0.158. The maximum Gasteiger partial charge on any atom is 0.255 e. The molecule has 8 heteroatoms. The van der Waals surface area contributed by atoms with Crippen molar-refractivity contribution in [1.82, 2.24) is 30.1 Å². The predicted octanol–water partition coefficient (Wildman–Crippen LogP) is 2.62. The Balaban J connectivity index is 1.57. The second-order valence-corrected chi connectivity index (χ2v) is 6.07. The number of amides is 1. The number of methoxy groups -OCH3 is 1. The minimum absolute atomic E-state index is 0.241. The molecule has 1 amide bonds. The van der Waals surface area contributed by atoms with E-state index in [1.165, 1.54) is 6.20 Å². The summed E-state index contributed by atoms with van der Waals surface area (Å²) < 4.78 is 7.02. The van der Waals surface area contributed by atoms with Crippen LogP contribution in [-0.2, 0) is 0 Å². The molecule has 0 bridgehead atoms. The molecule has 27 heavy (non-hydrogen) atoms. The number of pyridine rings is 1. The molecule has 8 nitrogen and oxygen atoms in total. The molecule has 0 aliphatic rings. The van der Waals surface area contributed by atoms with Gasteiger partial charge in [0.05, 0.1) is 30.6 Å². The number of aromatic nitrogens is 5. The number of rotatable bonds is 5. The van der Waals surface area contributed by atoms with Gasteiger partial charge in [-0.1, -0.05) is 6.07 Å². The van der Waals surface area contributed by atoms with Gasteiger partial charge in [-0.3, -0.25) is 14.3 Å². The van der Waals surface area contributed by atoms with Crippen LogP contribution in [0.25, 0.3) is 16.9 Å². The van der Waals surface area contributed by atoms with Crippen LogP contribution in [0.3, 0.4) is 0 Å². The number of nitrogens with one attached hydrogen (secondary N) is 2. The molecule has 1 aromatic carbocycles. The number of benzene rings is 1. The summed E-state index contributed by atoms with van der Waals surface area (Å²) in [4.78, 5) is 12.8. The van der Waals surface area contributed by atoms with E-state index >= 15 is 0 Å². The maximum absolute atomic E-state index is 12.8. The summed E-state index contributed by atoms with van der Waals surface area (Å²) in [6.45, 7) is 1.87. The lowest BCUT2D eigenvalue weighted by molar-refractivity contribution is 0.0939. The van der Waals surface area contributed by atoms with Crippen LogP contribution < -0.4 is 10.1 Å². The maximum atomic E-state index is 12.8. The molecular formula is C19H18N6O2. The Kier molecular flexibility index (Phi) is 4.29. The third-order valence-corrected chi connectivity index (χ3v) is 4.34. The van der Waals surface area contributed by atoms with E-state index in [-0.39, 0.29) is 11.9 Å². The molecule has 0 unspecified atom stereocenters. The van der Waals surface area contributed by atoms with Crippen LogP contribution in [0, 0.1) is 0 Å². The number of fused-ring (bicyclic) bond motifs is 1. The van der Waals surface area contributed by atoms with E-state index < -0.39 is 0 Å². The topological polar surface area (TPSA) is 97.2 Å². The molecule has 136 valence electrons. The zero-order chi connectivity index (χ0) is 18.8. The van der Waals surface area contributed by atoms with Gasteiger partial charge in [0.2, 0.25) is 0 Å². The van der Waals surface area contributed by atoms with Crippen LogP contribution in [0.5, 0.6) is 5.75 Å². The lowest BCUT2D eigenvalue weighted by Gasteiger charge is -2.12. The quantitative estimate of drug-likeness (QED) is 0.569. The number of ether oxygens (including phenoxy) is 1. The van der Waals surface area contributed by atoms with E-state index in [0.29, 0.717) is 17.1 Å². The SMILES string of the molecule is COc1ccc(-c2[nH]ncc2C(=O)N[C@@H](C)c2nnc3ccccn23)cc1. The van der Waals surface area contributed by atoms with E-state index in [2.05, 4.69) is 25.7 Å². The second kappa shape index (κ2) is 6.91. The molecule has 0 fully saturated rings. The summed E-state index contributed by atoms with van der Waals surface area (Å²) >= 11 is 0. The average molecular weight is 362 g/mol. The molecular weight excluding hydrogens is 344 g/mol. The van der Waals surface area contributed by atoms with Crippen LogP contribution in [0.4, 0.5) is 0 Å². The van der Waals surface area contributed by atoms with Crippen molar-refractivity contribution in [3.05, 3.63) is 66.2 Å². The number of carbonyl (C=O) groups excluding carboxylic acids is 1. The Morgan fingerprint density at radius 2 is 2.00 bits per heavy atom. The highest BCUT2D eigenvalue weighted by Crippen LogP contribution is 2.24. The number of nitrogens with zero attached hydrogens (tertiary/aromatic N) is 4. The summed E-state index contributed by atoms with van der Waals surface area (Å²) in [7, 11) is 1.61. The molecule has 0 aliphatic heterocycles. The van der Waals surface area contributed by atoms with Gasteiger partial charge >= 0.3 is 0 Å². The van der Waals surface area contributed by atoms with Crippen molar-refractivity contribution < 1.29 is 9.53 Å². The highest BCUT2D eigenvalue weighted by molar-refractivity contribution is 5.99. The number of hydrogen-bond donors (Lipinski definition) is 2. The first-order valence-electron chi connectivity index (χ1n) is 8.45. The summed E-state index contributed by atoms with van der Waals surface area (Å²) in [5.41, 5.74) is 2.68. The normalized spacial score (nSPS) is 12.1. The number of carbonyl (C=O) groups is 1. The lowest BCUT2D eigenvalue weighted by atomic mass is 10.1. The molecule has 3 aromatic heterocycles. The largest absolute Gasteiger partial charge is 0.497 e. The lowest BCUT2D eigenvalue weighted by Crippen LogP contribution is -2.28. The van der Waals surface area contributed by atoms with E-state index in [4.69, 9.17) is 4.74 Å². The number of hydrogen-bond acceptors (Lipinski definition) is 5. The summed E-state index contributed by atoms with van der Waals surface area (Å²) in [5, 5.41) is 18.2. The van der Waals surface area contributed by atoms with Gasteiger partial charge in [0.15, 0.2) is 11.5 Å². The van der Waals surface area contributed by atoms with Crippen LogP contribution in [0.15, 0.2) is 54.9 Å². The third-order valence-electron chi connectivity index (χ3n) is 4.34. The predicted molar refractivity (Wildman–Crippen MR) is 99.4 cm³/mol. The second-order valence-electron chi connectivity index (χ2n) is 6.07. The van der Waals surface area contributed by atoms with Gasteiger partial charge in [-0.2, -0.15) is 5.10 Å². The van der Waals surface area contributed by atoms with E-state index in [1.54, 1.807) is 7.11 Å². The Labute approximate surface area is 155 Å². The fourth-order valence-electron chi connectivity index (χ4n) is 2.93. The zero-order valence-corrected chi connectivity index (χ0v) is 14.9. The van der Waals surface area contributed by atoms with Crippen LogP contribution in [0.1, 0.15) is 29.1 Å². The van der Waals surface area contributed by atoms with Crippen molar-refractivity contribution in [2.75, 3.05) is 7.11 Å². The van der Waals surface area contributed by atoms with Crippen LogP contribution in [0.2, 0.25) is 0 Å². The molecule has 0 saturated carbocycles. The molecule has 0 spiro atoms. The van der Waals surface area contributed by atoms with E-state index in [1.807, 2.05) is 60.0 Å². The Morgan fingerprint density at radius 3 is 2.78 bits per heavy atom. The molecule has 4 aromatic rings. The minimum atomic E-state index is -0.325. The first-order valence-corrected chi connectivity index (χ1v) is 8.45. The zero-order valence-electron chi connectivity index (χ0n) is 14.9. The number of H-pyrrole nitrogens is 1. The summed E-state index contributed by atoms with van der Waals surface area (Å²) in [5.74, 6) is 1.17. The molecule has 2 N–H and O–H groups in total. The van der Waals surface area contributed by atoms with Crippen LogP contribution >= 0.6 is 0 Å². The summed E-state index contributed by atoms with van der Waals surface area (Å²) in [6, 6.07) is 12.7. The first kappa shape index (κ1) is 16.8. The van der Waals surface area contributed by atoms with Gasteiger partial charge in [-0.05, 0) is 43.3 Å².